The zero-order valence-corrected chi connectivity index (χ0v) is 25.8. The van der Waals surface area contributed by atoms with Crippen molar-refractivity contribution in [3.63, 3.8) is 0 Å². The van der Waals surface area contributed by atoms with Gasteiger partial charge in [-0.15, -0.1) is 10.2 Å². The van der Waals surface area contributed by atoms with Crippen LogP contribution in [-0.2, 0) is 4.74 Å². The summed E-state index contributed by atoms with van der Waals surface area (Å²) in [6.45, 7) is 7.81. The van der Waals surface area contributed by atoms with Crippen LogP contribution in [0.25, 0.3) is 11.1 Å². The van der Waals surface area contributed by atoms with E-state index in [-0.39, 0.29) is 31.0 Å². The minimum atomic E-state index is -2.61. The van der Waals surface area contributed by atoms with Crippen molar-refractivity contribution in [2.45, 2.75) is 76.5 Å². The first-order chi connectivity index (χ1) is 21.0. The molecule has 3 aromatic rings. The van der Waals surface area contributed by atoms with Crippen molar-refractivity contribution in [3.8, 4) is 6.07 Å². The summed E-state index contributed by atoms with van der Waals surface area (Å²) >= 11 is 1.46. The fourth-order valence-electron chi connectivity index (χ4n) is 5.75. The number of alkyl halides is 2. The first-order valence-electron chi connectivity index (χ1n) is 14.8. The average molecular weight is 624 g/mol. The van der Waals surface area contributed by atoms with Gasteiger partial charge in [-0.2, -0.15) is 10.4 Å². The number of carbonyl (C=O) groups is 1. The van der Waals surface area contributed by atoms with Crippen LogP contribution < -0.4 is 10.2 Å². The van der Waals surface area contributed by atoms with Crippen molar-refractivity contribution in [3.05, 3.63) is 46.9 Å². The Labute approximate surface area is 258 Å². The van der Waals surface area contributed by atoms with Gasteiger partial charge in [-0.25, -0.2) is 18.1 Å². The van der Waals surface area contributed by atoms with Crippen LogP contribution in [0.2, 0.25) is 0 Å². The molecule has 1 atom stereocenters. The number of halogens is 2. The Kier molecular flexibility index (Phi) is 8.10. The zero-order chi connectivity index (χ0) is 31.1. The quantitative estimate of drug-likeness (QED) is 0.427. The Balaban J connectivity index is 1.22. The van der Waals surface area contributed by atoms with Crippen LogP contribution in [-0.4, -0.2) is 86.3 Å². The highest BCUT2D eigenvalue weighted by molar-refractivity contribution is 7.16. The van der Waals surface area contributed by atoms with Gasteiger partial charge in [0.1, 0.15) is 16.7 Å². The Hall–Kier alpha value is -3.96. The van der Waals surface area contributed by atoms with Gasteiger partial charge < -0.3 is 19.9 Å². The second kappa shape index (κ2) is 11.9. The number of nitrogens with zero attached hydrogens (tertiary/aromatic N) is 8. The number of hydrogen-bond acceptors (Lipinski definition) is 10. The zero-order valence-electron chi connectivity index (χ0n) is 25.0. The normalized spacial score (nSPS) is 21.1. The lowest BCUT2D eigenvalue weighted by atomic mass is 9.89. The van der Waals surface area contributed by atoms with Crippen LogP contribution in [0.3, 0.4) is 0 Å². The highest BCUT2D eigenvalue weighted by atomic mass is 32.1. The van der Waals surface area contributed by atoms with E-state index in [0.29, 0.717) is 56.0 Å². The molecule has 1 unspecified atom stereocenters. The molecule has 44 heavy (non-hydrogen) atoms. The molecule has 5 heterocycles. The molecule has 1 N–H and O–H groups in total. The molecule has 0 bridgehead atoms. The van der Waals surface area contributed by atoms with Gasteiger partial charge in [-0.05, 0) is 51.8 Å². The number of rotatable bonds is 5. The van der Waals surface area contributed by atoms with Crippen LogP contribution in [0.15, 0.2) is 35.6 Å². The Morgan fingerprint density at radius 2 is 1.91 bits per heavy atom. The van der Waals surface area contributed by atoms with Crippen LogP contribution in [0.1, 0.15) is 69.1 Å². The van der Waals surface area contributed by atoms with E-state index in [0.717, 1.165) is 27.6 Å². The number of carbonyl (C=O) groups excluding carboxylic acids is 1. The molecule has 0 aromatic carbocycles. The number of piperazine rings is 1. The molecule has 0 spiro atoms. The molecular formula is C30H35F2N9O2S. The van der Waals surface area contributed by atoms with Gasteiger partial charge in [0, 0.05) is 69.3 Å². The molecule has 1 saturated heterocycles. The topological polar surface area (TPSA) is 124 Å². The van der Waals surface area contributed by atoms with Crippen LogP contribution >= 0.6 is 11.3 Å². The molecule has 11 nitrogen and oxygen atoms in total. The number of nitrogens with one attached hydrogen (secondary N) is 1. The minimum Gasteiger partial charge on any atom is -0.444 e. The third-order valence-corrected chi connectivity index (χ3v) is 9.11. The number of amides is 1. The highest BCUT2D eigenvalue weighted by Gasteiger charge is 2.37. The first kappa shape index (κ1) is 30.1. The molecule has 2 aliphatic heterocycles. The molecule has 1 saturated carbocycles. The second-order valence-electron chi connectivity index (χ2n) is 12.5. The van der Waals surface area contributed by atoms with Gasteiger partial charge in [0.25, 0.3) is 0 Å². The smallest absolute Gasteiger partial charge is 0.410 e. The van der Waals surface area contributed by atoms with Gasteiger partial charge in [0.05, 0.1) is 28.7 Å². The van der Waals surface area contributed by atoms with Gasteiger partial charge in [-0.1, -0.05) is 11.3 Å². The van der Waals surface area contributed by atoms with E-state index < -0.39 is 11.5 Å². The van der Waals surface area contributed by atoms with E-state index in [1.165, 1.54) is 17.5 Å². The maximum atomic E-state index is 13.9. The van der Waals surface area contributed by atoms with Crippen molar-refractivity contribution in [1.82, 2.24) is 30.0 Å². The van der Waals surface area contributed by atoms with Gasteiger partial charge in [0.15, 0.2) is 0 Å². The summed E-state index contributed by atoms with van der Waals surface area (Å²) in [6.07, 6.45) is 4.02. The molecule has 1 amide bonds. The molecule has 2 fully saturated rings. The van der Waals surface area contributed by atoms with E-state index in [1.807, 2.05) is 32.9 Å². The summed E-state index contributed by atoms with van der Waals surface area (Å²) in [5, 5.41) is 27.8. The Morgan fingerprint density at radius 3 is 2.61 bits per heavy atom. The minimum absolute atomic E-state index is 0.0592. The van der Waals surface area contributed by atoms with Gasteiger partial charge in [0.2, 0.25) is 11.1 Å². The second-order valence-corrected chi connectivity index (χ2v) is 13.4. The number of hydrogen-bond donors (Lipinski definition) is 1. The van der Waals surface area contributed by atoms with E-state index in [9.17, 15) is 18.8 Å². The monoisotopic (exact) mass is 623 g/mol. The molecule has 3 aromatic heterocycles. The summed E-state index contributed by atoms with van der Waals surface area (Å²) in [5.74, 6) is -2.61. The third-order valence-electron chi connectivity index (χ3n) is 8.07. The predicted octanol–water partition coefficient (Wildman–Crippen LogP) is 4.88. The molecule has 3 aliphatic rings. The summed E-state index contributed by atoms with van der Waals surface area (Å²) in [5.41, 5.74) is 3.18. The summed E-state index contributed by atoms with van der Waals surface area (Å²) in [7, 11) is 0. The van der Waals surface area contributed by atoms with Crippen molar-refractivity contribution >= 4 is 39.4 Å². The molecule has 0 radical (unpaired) electrons. The average Bonchev–Trinajstić information content (AvgIpc) is 3.65. The van der Waals surface area contributed by atoms with Crippen LogP contribution in [0, 0.1) is 11.3 Å². The molecule has 1 aliphatic carbocycles. The van der Waals surface area contributed by atoms with Crippen molar-refractivity contribution in [2.75, 3.05) is 31.1 Å². The maximum Gasteiger partial charge on any atom is 0.410 e. The van der Waals surface area contributed by atoms with Crippen molar-refractivity contribution in [1.29, 1.82) is 5.26 Å². The van der Waals surface area contributed by atoms with Crippen molar-refractivity contribution < 1.29 is 18.3 Å². The number of fused-ring (bicyclic) bond motifs is 1. The largest absolute Gasteiger partial charge is 0.444 e. The summed E-state index contributed by atoms with van der Waals surface area (Å²) in [4.78, 5) is 21.1. The number of anilines is 1. The number of aliphatic imine (C=N–C) groups is 1. The maximum absolute atomic E-state index is 13.9. The number of aromatic nitrogens is 4. The summed E-state index contributed by atoms with van der Waals surface area (Å²) < 4.78 is 35.1. The Bertz CT molecular complexity index is 1630. The standard InChI is InChI=1S/C30H35F2N9O2S/c1-29(2,3)43-28(42)40-12-10-39(11-13-40)27-38-37-26(44-27)22-18-34-24(15-23(22)36-20-6-8-30(31,32)9-7-20)25-5-4-21-14-19(16-33)17-35-41(21)25/h4-5,14,17-18,20,23,36H,6-13,15H2,1-3H3. The SMILES string of the molecule is CC(C)(C)OC(=O)N1CCN(c2nnc(C3=CN=C(c4ccc5cc(C#N)cnn45)CC3NC3CCC(F)(F)CC3)s2)CC1. The van der Waals surface area contributed by atoms with E-state index in [4.69, 9.17) is 9.73 Å². The van der Waals surface area contributed by atoms with Crippen molar-refractivity contribution in [2.24, 2.45) is 4.99 Å². The number of nitriles is 1. The van der Waals surface area contributed by atoms with Crippen LogP contribution in [0.5, 0.6) is 0 Å². The molecule has 14 heteroatoms. The highest BCUT2D eigenvalue weighted by Crippen LogP contribution is 2.36. The van der Waals surface area contributed by atoms with Gasteiger partial charge >= 0.3 is 6.09 Å². The van der Waals surface area contributed by atoms with E-state index >= 15 is 0 Å². The molecule has 6 rings (SSSR count). The Morgan fingerprint density at radius 1 is 1.16 bits per heavy atom. The summed E-state index contributed by atoms with van der Waals surface area (Å²) in [6, 6.07) is 7.44. The van der Waals surface area contributed by atoms with Crippen LogP contribution in [0.4, 0.5) is 18.7 Å². The fourth-order valence-corrected chi connectivity index (χ4v) is 6.71. The third kappa shape index (κ3) is 6.58. The molecular weight excluding hydrogens is 588 g/mol. The lowest BCUT2D eigenvalue weighted by Gasteiger charge is -2.35. The fraction of sp³-hybridized carbons (Fsp3) is 0.533. The predicted molar refractivity (Wildman–Crippen MR) is 163 cm³/mol. The first-order valence-corrected chi connectivity index (χ1v) is 15.7. The number of ether oxygens (including phenoxy) is 1. The lowest BCUT2D eigenvalue weighted by molar-refractivity contribution is -0.0407. The van der Waals surface area contributed by atoms with E-state index in [1.54, 1.807) is 21.7 Å². The van der Waals surface area contributed by atoms with E-state index in [2.05, 4.69) is 31.6 Å². The van der Waals surface area contributed by atoms with Gasteiger partial charge in [-0.3, -0.25) is 4.99 Å². The lowest BCUT2D eigenvalue weighted by Crippen LogP contribution is -2.50. The molecule has 232 valence electrons.